The van der Waals surface area contributed by atoms with Crippen LogP contribution in [0.25, 0.3) is 11.3 Å². The molecule has 0 atom stereocenters. The molecule has 0 saturated carbocycles. The maximum Gasteiger partial charge on any atom is 0.416 e. The first-order valence-electron chi connectivity index (χ1n) is 5.35. The van der Waals surface area contributed by atoms with Crippen LogP contribution in [0.5, 0.6) is 0 Å². The van der Waals surface area contributed by atoms with Crippen molar-refractivity contribution in [3.05, 3.63) is 52.7 Å². The van der Waals surface area contributed by atoms with Crippen LogP contribution in [0.2, 0.25) is 5.02 Å². The van der Waals surface area contributed by atoms with Gasteiger partial charge >= 0.3 is 12.1 Å². The Balaban J connectivity index is 2.60. The average Bonchev–Trinajstić information content (AvgIpc) is 2.38. The zero-order valence-corrected chi connectivity index (χ0v) is 10.5. The van der Waals surface area contributed by atoms with Crippen LogP contribution in [0.4, 0.5) is 13.2 Å². The molecule has 104 valence electrons. The van der Waals surface area contributed by atoms with Crippen molar-refractivity contribution in [2.75, 3.05) is 0 Å². The predicted octanol–water partition coefficient (Wildman–Crippen LogP) is 4.12. The van der Waals surface area contributed by atoms with Crippen LogP contribution in [-0.4, -0.2) is 16.1 Å². The number of nitrogens with zero attached hydrogens (tertiary/aromatic N) is 1. The second kappa shape index (κ2) is 5.13. The number of alkyl halides is 3. The smallest absolute Gasteiger partial charge is 0.416 e. The molecule has 7 heteroatoms. The summed E-state index contributed by atoms with van der Waals surface area (Å²) in [5, 5.41) is 9.21. The summed E-state index contributed by atoms with van der Waals surface area (Å²) in [6.45, 7) is 0. The Labute approximate surface area is 116 Å². The fourth-order valence-electron chi connectivity index (χ4n) is 1.61. The van der Waals surface area contributed by atoms with E-state index in [-0.39, 0.29) is 11.3 Å². The van der Waals surface area contributed by atoms with Gasteiger partial charge in [-0.2, -0.15) is 13.2 Å². The molecule has 2 aromatic rings. The van der Waals surface area contributed by atoms with Gasteiger partial charge in [0.15, 0.2) is 0 Å². The Morgan fingerprint density at radius 2 is 1.90 bits per heavy atom. The highest BCUT2D eigenvalue weighted by Gasteiger charge is 2.32. The first kappa shape index (κ1) is 14.3. The lowest BCUT2D eigenvalue weighted by Gasteiger charge is -2.10. The second-order valence-corrected chi connectivity index (χ2v) is 4.40. The number of aromatic nitrogens is 1. The predicted molar refractivity (Wildman–Crippen MR) is 66.6 cm³/mol. The lowest BCUT2D eigenvalue weighted by molar-refractivity contribution is -0.137. The third kappa shape index (κ3) is 3.08. The highest BCUT2D eigenvalue weighted by atomic mass is 35.5. The number of rotatable bonds is 2. The molecule has 0 radical (unpaired) electrons. The Morgan fingerprint density at radius 3 is 2.40 bits per heavy atom. The molecule has 0 aliphatic rings. The SMILES string of the molecule is O=C(O)c1cc(-c2ccc(Cl)cn2)cc(C(F)(F)F)c1. The molecule has 0 bridgehead atoms. The number of carboxylic acid groups (broad SMARTS) is 1. The maximum absolute atomic E-state index is 12.8. The van der Waals surface area contributed by atoms with Crippen LogP contribution in [0.1, 0.15) is 15.9 Å². The van der Waals surface area contributed by atoms with Crippen LogP contribution in [-0.2, 0) is 6.18 Å². The number of hydrogen-bond donors (Lipinski definition) is 1. The number of carboxylic acids is 1. The van der Waals surface area contributed by atoms with Gasteiger partial charge in [0.05, 0.1) is 21.8 Å². The largest absolute Gasteiger partial charge is 0.478 e. The minimum atomic E-state index is -4.63. The van der Waals surface area contributed by atoms with Gasteiger partial charge in [0, 0.05) is 11.8 Å². The highest BCUT2D eigenvalue weighted by molar-refractivity contribution is 6.30. The highest BCUT2D eigenvalue weighted by Crippen LogP contribution is 2.33. The first-order valence-corrected chi connectivity index (χ1v) is 5.72. The van der Waals surface area contributed by atoms with Gasteiger partial charge in [-0.15, -0.1) is 0 Å². The van der Waals surface area contributed by atoms with Crippen molar-refractivity contribution in [1.82, 2.24) is 4.98 Å². The Bertz CT molecular complexity index is 654. The number of aromatic carboxylic acids is 1. The molecule has 1 aromatic heterocycles. The van der Waals surface area contributed by atoms with Crippen molar-refractivity contribution in [3.8, 4) is 11.3 Å². The van der Waals surface area contributed by atoms with Crippen molar-refractivity contribution < 1.29 is 23.1 Å². The monoisotopic (exact) mass is 301 g/mol. The van der Waals surface area contributed by atoms with Gasteiger partial charge in [-0.3, -0.25) is 4.98 Å². The molecular weight excluding hydrogens is 295 g/mol. The summed E-state index contributed by atoms with van der Waals surface area (Å²) < 4.78 is 38.3. The zero-order valence-electron chi connectivity index (χ0n) is 9.78. The van der Waals surface area contributed by atoms with Crippen LogP contribution >= 0.6 is 11.6 Å². The summed E-state index contributed by atoms with van der Waals surface area (Å²) in [7, 11) is 0. The van der Waals surface area contributed by atoms with Gasteiger partial charge in [-0.05, 0) is 30.3 Å². The summed E-state index contributed by atoms with van der Waals surface area (Å²) in [6.07, 6.45) is -3.36. The summed E-state index contributed by atoms with van der Waals surface area (Å²) in [5.74, 6) is -1.44. The molecule has 0 fully saturated rings. The lowest BCUT2D eigenvalue weighted by atomic mass is 10.0. The molecule has 0 aliphatic carbocycles. The van der Waals surface area contributed by atoms with Gasteiger partial charge < -0.3 is 5.11 Å². The van der Waals surface area contributed by atoms with E-state index in [1.165, 1.54) is 18.3 Å². The summed E-state index contributed by atoms with van der Waals surface area (Å²) in [4.78, 5) is 14.8. The van der Waals surface area contributed by atoms with E-state index in [0.717, 1.165) is 12.1 Å². The van der Waals surface area contributed by atoms with E-state index in [4.69, 9.17) is 16.7 Å². The minimum Gasteiger partial charge on any atom is -0.478 e. The number of benzene rings is 1. The number of hydrogen-bond acceptors (Lipinski definition) is 2. The van der Waals surface area contributed by atoms with Crippen molar-refractivity contribution in [3.63, 3.8) is 0 Å². The van der Waals surface area contributed by atoms with E-state index in [1.807, 2.05) is 0 Å². The topological polar surface area (TPSA) is 50.2 Å². The maximum atomic E-state index is 12.8. The van der Waals surface area contributed by atoms with E-state index in [2.05, 4.69) is 4.98 Å². The normalized spacial score (nSPS) is 11.4. The molecule has 0 aliphatic heterocycles. The van der Waals surface area contributed by atoms with Crippen molar-refractivity contribution in [1.29, 1.82) is 0 Å². The van der Waals surface area contributed by atoms with Crippen LogP contribution in [0, 0.1) is 0 Å². The van der Waals surface area contributed by atoms with E-state index in [0.29, 0.717) is 11.1 Å². The minimum absolute atomic E-state index is 0.0638. The fourth-order valence-corrected chi connectivity index (χ4v) is 1.72. The van der Waals surface area contributed by atoms with Crippen LogP contribution in [0.15, 0.2) is 36.5 Å². The molecular formula is C13H7ClF3NO2. The fraction of sp³-hybridized carbons (Fsp3) is 0.0769. The molecule has 0 saturated heterocycles. The van der Waals surface area contributed by atoms with Gasteiger partial charge in [0.2, 0.25) is 0 Å². The van der Waals surface area contributed by atoms with E-state index >= 15 is 0 Å². The Morgan fingerprint density at radius 1 is 1.20 bits per heavy atom. The molecule has 1 heterocycles. The molecule has 0 spiro atoms. The summed E-state index contributed by atoms with van der Waals surface area (Å²) in [6, 6.07) is 5.45. The van der Waals surface area contributed by atoms with Crippen LogP contribution < -0.4 is 0 Å². The third-order valence-electron chi connectivity index (χ3n) is 2.53. The summed E-state index contributed by atoms with van der Waals surface area (Å²) >= 11 is 5.65. The van der Waals surface area contributed by atoms with Gasteiger partial charge in [-0.1, -0.05) is 11.6 Å². The average molecular weight is 302 g/mol. The molecule has 2 rings (SSSR count). The van der Waals surface area contributed by atoms with E-state index in [9.17, 15) is 18.0 Å². The van der Waals surface area contributed by atoms with Crippen molar-refractivity contribution in [2.24, 2.45) is 0 Å². The van der Waals surface area contributed by atoms with Crippen LogP contribution in [0.3, 0.4) is 0 Å². The van der Waals surface area contributed by atoms with Gasteiger partial charge in [-0.25, -0.2) is 4.79 Å². The van der Waals surface area contributed by atoms with Crippen molar-refractivity contribution in [2.45, 2.75) is 6.18 Å². The zero-order chi connectivity index (χ0) is 14.9. The Kier molecular flexibility index (Phi) is 3.67. The van der Waals surface area contributed by atoms with Crippen molar-refractivity contribution >= 4 is 17.6 Å². The van der Waals surface area contributed by atoms with Gasteiger partial charge in [0.25, 0.3) is 0 Å². The standard InChI is InChI=1S/C13H7ClF3NO2/c14-10-1-2-11(18-6-10)7-3-8(12(19)20)5-9(4-7)13(15,16)17/h1-6H,(H,19,20). The molecule has 0 amide bonds. The molecule has 3 nitrogen and oxygen atoms in total. The molecule has 1 N–H and O–H groups in total. The quantitative estimate of drug-likeness (QED) is 0.907. The molecule has 1 aromatic carbocycles. The summed E-state index contributed by atoms with van der Waals surface area (Å²) in [5.41, 5.74) is -1.22. The van der Waals surface area contributed by atoms with E-state index in [1.54, 1.807) is 0 Å². The molecule has 0 unspecified atom stereocenters. The second-order valence-electron chi connectivity index (χ2n) is 3.96. The number of halogens is 4. The number of carbonyl (C=O) groups is 1. The van der Waals surface area contributed by atoms with Gasteiger partial charge in [0.1, 0.15) is 0 Å². The Hall–Kier alpha value is -2.08. The third-order valence-corrected chi connectivity index (χ3v) is 2.75. The number of pyridine rings is 1. The first-order chi connectivity index (χ1) is 9.27. The van der Waals surface area contributed by atoms with E-state index < -0.39 is 23.3 Å². The lowest BCUT2D eigenvalue weighted by Crippen LogP contribution is -2.08. The molecule has 20 heavy (non-hydrogen) atoms.